The number of ether oxygens (including phenoxy) is 3. The molecule has 1 atom stereocenters. The van der Waals surface area contributed by atoms with Gasteiger partial charge in [0.25, 0.3) is 0 Å². The summed E-state index contributed by atoms with van der Waals surface area (Å²) in [5, 5.41) is 5.38. The van der Waals surface area contributed by atoms with Crippen molar-refractivity contribution in [2.24, 2.45) is 0 Å². The van der Waals surface area contributed by atoms with Gasteiger partial charge in [0.15, 0.2) is 11.5 Å². The monoisotopic (exact) mass is 640 g/mol. The van der Waals surface area contributed by atoms with E-state index in [0.29, 0.717) is 59.7 Å². The van der Waals surface area contributed by atoms with Crippen LogP contribution >= 0.6 is 0 Å². The van der Waals surface area contributed by atoms with Crippen molar-refractivity contribution >= 4 is 34.9 Å². The number of fused-ring (bicyclic) bond motifs is 1. The molecule has 3 heterocycles. The van der Waals surface area contributed by atoms with Crippen molar-refractivity contribution in [2.45, 2.75) is 58.4 Å². The molecule has 0 bridgehead atoms. The molecule has 2 aromatic heterocycles. The van der Waals surface area contributed by atoms with Crippen LogP contribution in [0.4, 0.5) is 15.4 Å². The molecule has 0 radical (unpaired) electrons. The predicted molar refractivity (Wildman–Crippen MR) is 177 cm³/mol. The van der Waals surface area contributed by atoms with E-state index >= 15 is 0 Å². The lowest BCUT2D eigenvalue weighted by Crippen LogP contribution is -2.40. The SMILES string of the molecule is C=CC(=O)N1CCC[C@@H](n2nc(-c3ccc(Oc4ccccc4)cc3)c3c(N(C(=O)OCCCC)C(=O)OCCCC)ncnc32)C1. The van der Waals surface area contributed by atoms with Crippen LogP contribution in [0.1, 0.15) is 58.4 Å². The lowest BCUT2D eigenvalue weighted by Gasteiger charge is -2.32. The second kappa shape index (κ2) is 15.8. The average Bonchev–Trinajstić information content (AvgIpc) is 3.50. The van der Waals surface area contributed by atoms with Crippen LogP contribution in [0.3, 0.4) is 0 Å². The molecule has 0 unspecified atom stereocenters. The van der Waals surface area contributed by atoms with Gasteiger partial charge in [0.2, 0.25) is 5.91 Å². The van der Waals surface area contributed by atoms with Crippen molar-refractivity contribution in [3.63, 3.8) is 0 Å². The fourth-order valence-electron chi connectivity index (χ4n) is 5.36. The average molecular weight is 641 g/mol. The number of nitrogens with zero attached hydrogens (tertiary/aromatic N) is 6. The van der Waals surface area contributed by atoms with Gasteiger partial charge in [0, 0.05) is 18.7 Å². The molecule has 2 aromatic carbocycles. The highest BCUT2D eigenvalue weighted by molar-refractivity contribution is 6.15. The third-order valence-corrected chi connectivity index (χ3v) is 7.83. The Kier molecular flexibility index (Phi) is 11.2. The smallest absolute Gasteiger partial charge is 0.425 e. The molecule has 12 heteroatoms. The van der Waals surface area contributed by atoms with Crippen LogP contribution in [0.25, 0.3) is 22.3 Å². The zero-order chi connectivity index (χ0) is 33.2. The van der Waals surface area contributed by atoms with E-state index in [9.17, 15) is 14.4 Å². The Morgan fingerprint density at radius 2 is 1.60 bits per heavy atom. The highest BCUT2D eigenvalue weighted by atomic mass is 16.6. The van der Waals surface area contributed by atoms with Crippen molar-refractivity contribution in [1.29, 1.82) is 0 Å². The Balaban J connectivity index is 1.62. The van der Waals surface area contributed by atoms with Crippen molar-refractivity contribution in [1.82, 2.24) is 24.6 Å². The van der Waals surface area contributed by atoms with E-state index in [1.165, 1.54) is 12.4 Å². The molecule has 0 saturated carbocycles. The first-order valence-corrected chi connectivity index (χ1v) is 16.1. The van der Waals surface area contributed by atoms with Crippen molar-refractivity contribution in [3.8, 4) is 22.8 Å². The molecule has 1 fully saturated rings. The van der Waals surface area contributed by atoms with Crippen LogP contribution < -0.4 is 9.64 Å². The number of anilines is 1. The molecule has 0 aliphatic carbocycles. The fraction of sp³-hybridized carbons (Fsp3) is 0.371. The number of carbonyl (C=O) groups excluding carboxylic acids is 3. The Hall–Kier alpha value is -5.26. The molecule has 47 heavy (non-hydrogen) atoms. The van der Waals surface area contributed by atoms with Crippen LogP contribution in [-0.4, -0.2) is 69.0 Å². The molecule has 1 aliphatic heterocycles. The van der Waals surface area contributed by atoms with Gasteiger partial charge < -0.3 is 19.1 Å². The topological polar surface area (TPSA) is 129 Å². The van der Waals surface area contributed by atoms with Crippen molar-refractivity contribution in [3.05, 3.63) is 73.6 Å². The summed E-state index contributed by atoms with van der Waals surface area (Å²) in [6, 6.07) is 16.5. The number of piperidine rings is 1. The molecule has 5 rings (SSSR count). The molecule has 3 amide bonds. The van der Waals surface area contributed by atoms with Gasteiger partial charge in [0.05, 0.1) is 24.6 Å². The first-order chi connectivity index (χ1) is 22.9. The largest absolute Gasteiger partial charge is 0.457 e. The van der Waals surface area contributed by atoms with Gasteiger partial charge in [-0.15, -0.1) is 0 Å². The summed E-state index contributed by atoms with van der Waals surface area (Å²) in [5.74, 6) is 1.15. The highest BCUT2D eigenvalue weighted by Crippen LogP contribution is 2.37. The summed E-state index contributed by atoms with van der Waals surface area (Å²) in [5.41, 5.74) is 1.53. The van der Waals surface area contributed by atoms with Gasteiger partial charge in [-0.25, -0.2) is 24.2 Å². The molecular formula is C35H40N6O6. The van der Waals surface area contributed by atoms with Crippen LogP contribution in [0, 0.1) is 0 Å². The maximum Gasteiger partial charge on any atom is 0.425 e. The molecule has 246 valence electrons. The molecule has 1 aliphatic rings. The minimum atomic E-state index is -0.898. The molecule has 0 spiro atoms. The number of aromatic nitrogens is 4. The summed E-state index contributed by atoms with van der Waals surface area (Å²) >= 11 is 0. The zero-order valence-corrected chi connectivity index (χ0v) is 26.8. The van der Waals surface area contributed by atoms with Gasteiger partial charge in [-0.1, -0.05) is 51.5 Å². The van der Waals surface area contributed by atoms with Gasteiger partial charge in [-0.3, -0.25) is 4.79 Å². The number of benzene rings is 2. The normalized spacial score (nSPS) is 14.4. The second-order valence-electron chi connectivity index (χ2n) is 11.2. The van der Waals surface area contributed by atoms with Gasteiger partial charge in [-0.2, -0.15) is 10.00 Å². The Labute approximate surface area is 273 Å². The Morgan fingerprint density at radius 3 is 2.23 bits per heavy atom. The van der Waals surface area contributed by atoms with Gasteiger partial charge in [-0.05, 0) is 68.2 Å². The molecule has 1 saturated heterocycles. The van der Waals surface area contributed by atoms with E-state index in [-0.39, 0.29) is 31.0 Å². The molecule has 12 nitrogen and oxygen atoms in total. The maximum atomic E-state index is 13.5. The van der Waals surface area contributed by atoms with E-state index in [1.807, 2.05) is 68.4 Å². The number of amides is 3. The first kappa shape index (κ1) is 33.1. The lowest BCUT2D eigenvalue weighted by molar-refractivity contribution is -0.127. The predicted octanol–water partition coefficient (Wildman–Crippen LogP) is 7.31. The number of para-hydroxylation sites is 1. The summed E-state index contributed by atoms with van der Waals surface area (Å²) in [7, 11) is 0. The van der Waals surface area contributed by atoms with Gasteiger partial charge in [0.1, 0.15) is 23.5 Å². The standard InChI is InChI=1S/C35H40N6O6/c1-4-7-21-45-34(43)40(35(44)46-22-8-5-2)32-30-31(25-16-18-28(19-17-25)47-27-14-10-9-11-15-27)38-41(33(30)37-24-36-32)26-13-12-20-39(23-26)29(42)6-3/h6,9-11,14-19,24,26H,3-5,7-8,12-13,20-23H2,1-2H3/t26-/m1/s1. The van der Waals surface area contributed by atoms with E-state index in [1.54, 1.807) is 9.58 Å². The molecular weight excluding hydrogens is 600 g/mol. The summed E-state index contributed by atoms with van der Waals surface area (Å²) < 4.78 is 18.7. The van der Waals surface area contributed by atoms with Crippen LogP contribution in [0.5, 0.6) is 11.5 Å². The first-order valence-electron chi connectivity index (χ1n) is 16.1. The summed E-state index contributed by atoms with van der Waals surface area (Å²) in [6.07, 6.45) is 5.16. The number of likely N-dealkylation sites (tertiary alicyclic amines) is 1. The number of hydrogen-bond acceptors (Lipinski definition) is 9. The minimum absolute atomic E-state index is 0.00121. The lowest BCUT2D eigenvalue weighted by atomic mass is 10.1. The fourth-order valence-corrected chi connectivity index (χ4v) is 5.36. The molecule has 4 aromatic rings. The zero-order valence-electron chi connectivity index (χ0n) is 26.8. The minimum Gasteiger partial charge on any atom is -0.457 e. The van der Waals surface area contributed by atoms with E-state index in [2.05, 4.69) is 16.5 Å². The van der Waals surface area contributed by atoms with E-state index in [4.69, 9.17) is 19.3 Å². The van der Waals surface area contributed by atoms with Crippen LogP contribution in [-0.2, 0) is 14.3 Å². The number of imide groups is 1. The molecule has 0 N–H and O–H groups in total. The van der Waals surface area contributed by atoms with Gasteiger partial charge >= 0.3 is 12.2 Å². The Morgan fingerprint density at radius 1 is 0.936 bits per heavy atom. The van der Waals surface area contributed by atoms with Crippen LogP contribution in [0.15, 0.2) is 73.6 Å². The number of unbranched alkanes of at least 4 members (excludes halogenated alkanes) is 2. The second-order valence-corrected chi connectivity index (χ2v) is 11.2. The summed E-state index contributed by atoms with van der Waals surface area (Å²) in [4.78, 5) is 51.1. The maximum absolute atomic E-state index is 13.5. The van der Waals surface area contributed by atoms with E-state index < -0.39 is 12.2 Å². The third-order valence-electron chi connectivity index (χ3n) is 7.83. The van der Waals surface area contributed by atoms with Crippen molar-refractivity contribution < 1.29 is 28.6 Å². The van der Waals surface area contributed by atoms with Crippen LogP contribution in [0.2, 0.25) is 0 Å². The van der Waals surface area contributed by atoms with Crippen molar-refractivity contribution in [2.75, 3.05) is 31.2 Å². The van der Waals surface area contributed by atoms with E-state index in [0.717, 1.165) is 30.6 Å². The highest BCUT2D eigenvalue weighted by Gasteiger charge is 2.34. The third kappa shape index (κ3) is 7.76. The number of rotatable bonds is 12. The quantitative estimate of drug-likeness (QED) is 0.116. The number of hydrogen-bond donors (Lipinski definition) is 0. The summed E-state index contributed by atoms with van der Waals surface area (Å²) in [6.45, 7) is 8.86. The Bertz CT molecular complexity index is 1670. The number of carbonyl (C=O) groups is 3.